The monoisotopic (exact) mass is 350 g/mol. The standard InChI is InChI=1S/C13H20BrClN2S/c1-8(2)17-5-4-9(7-16-3)12(17)11-6-10(14)13(15)18-11/h6,8-9,12,16H,4-5,7H2,1-3H3. The molecule has 1 fully saturated rings. The molecule has 2 heterocycles. The van der Waals surface area contributed by atoms with Gasteiger partial charge in [-0.25, -0.2) is 0 Å². The molecule has 1 aliphatic rings. The van der Waals surface area contributed by atoms with Crippen molar-refractivity contribution in [3.63, 3.8) is 0 Å². The van der Waals surface area contributed by atoms with Crippen LogP contribution in [0.4, 0.5) is 0 Å². The third kappa shape index (κ3) is 2.93. The van der Waals surface area contributed by atoms with Crippen LogP contribution in [0.3, 0.4) is 0 Å². The maximum absolute atomic E-state index is 6.20. The van der Waals surface area contributed by atoms with Crippen LogP contribution in [0.1, 0.15) is 31.2 Å². The van der Waals surface area contributed by atoms with Gasteiger partial charge < -0.3 is 5.32 Å². The van der Waals surface area contributed by atoms with Crippen molar-refractivity contribution in [1.82, 2.24) is 10.2 Å². The summed E-state index contributed by atoms with van der Waals surface area (Å²) in [6.45, 7) is 6.81. The minimum Gasteiger partial charge on any atom is -0.319 e. The summed E-state index contributed by atoms with van der Waals surface area (Å²) in [5.74, 6) is 0.680. The van der Waals surface area contributed by atoms with Crippen molar-refractivity contribution in [2.45, 2.75) is 32.4 Å². The summed E-state index contributed by atoms with van der Waals surface area (Å²) in [5, 5.41) is 3.32. The highest BCUT2D eigenvalue weighted by atomic mass is 79.9. The second-order valence-electron chi connectivity index (χ2n) is 5.15. The van der Waals surface area contributed by atoms with Crippen molar-refractivity contribution in [3.05, 3.63) is 19.8 Å². The van der Waals surface area contributed by atoms with Crippen molar-refractivity contribution in [3.8, 4) is 0 Å². The van der Waals surface area contributed by atoms with Gasteiger partial charge in [0, 0.05) is 21.4 Å². The molecule has 2 unspecified atom stereocenters. The van der Waals surface area contributed by atoms with Crippen molar-refractivity contribution < 1.29 is 0 Å². The Labute approximate surface area is 127 Å². The SMILES string of the molecule is CNCC1CCN(C(C)C)C1c1cc(Br)c(Cl)s1. The van der Waals surface area contributed by atoms with Crippen LogP contribution in [-0.4, -0.2) is 31.1 Å². The lowest BCUT2D eigenvalue weighted by Crippen LogP contribution is -2.33. The molecular weight excluding hydrogens is 332 g/mol. The number of likely N-dealkylation sites (tertiary alicyclic amines) is 1. The van der Waals surface area contributed by atoms with Gasteiger partial charge in [-0.1, -0.05) is 11.6 Å². The molecule has 2 atom stereocenters. The Kier molecular flexibility index (Phi) is 5.12. The molecule has 102 valence electrons. The Hall–Kier alpha value is 0.390. The lowest BCUT2D eigenvalue weighted by molar-refractivity contribution is 0.185. The van der Waals surface area contributed by atoms with E-state index in [0.29, 0.717) is 18.0 Å². The topological polar surface area (TPSA) is 15.3 Å². The molecule has 0 spiro atoms. The quantitative estimate of drug-likeness (QED) is 0.876. The van der Waals surface area contributed by atoms with Crippen LogP contribution < -0.4 is 5.32 Å². The molecule has 2 nitrogen and oxygen atoms in total. The third-order valence-electron chi connectivity index (χ3n) is 3.65. The molecule has 0 bridgehead atoms. The molecule has 1 aliphatic heterocycles. The van der Waals surface area contributed by atoms with E-state index in [4.69, 9.17) is 11.6 Å². The van der Waals surface area contributed by atoms with E-state index in [2.05, 4.69) is 46.1 Å². The fourth-order valence-electron chi connectivity index (χ4n) is 2.84. The van der Waals surface area contributed by atoms with Crippen LogP contribution in [0.25, 0.3) is 0 Å². The van der Waals surface area contributed by atoms with Gasteiger partial charge in [0.05, 0.1) is 0 Å². The third-order valence-corrected chi connectivity index (χ3v) is 6.19. The van der Waals surface area contributed by atoms with E-state index in [0.717, 1.165) is 15.4 Å². The van der Waals surface area contributed by atoms with Gasteiger partial charge in [0.1, 0.15) is 4.34 Å². The molecule has 1 aromatic rings. The lowest BCUT2D eigenvalue weighted by Gasteiger charge is -2.30. The first-order valence-electron chi connectivity index (χ1n) is 6.39. The van der Waals surface area contributed by atoms with Crippen molar-refractivity contribution in [2.24, 2.45) is 5.92 Å². The number of nitrogens with zero attached hydrogens (tertiary/aromatic N) is 1. The maximum Gasteiger partial charge on any atom is 0.107 e. The summed E-state index contributed by atoms with van der Waals surface area (Å²) < 4.78 is 1.90. The molecule has 0 aliphatic carbocycles. The normalized spacial score (nSPS) is 25.2. The predicted octanol–water partition coefficient (Wildman–Crippen LogP) is 4.15. The van der Waals surface area contributed by atoms with Crippen LogP contribution in [0.2, 0.25) is 4.34 Å². The summed E-state index contributed by atoms with van der Waals surface area (Å²) in [6.07, 6.45) is 1.26. The van der Waals surface area contributed by atoms with E-state index in [-0.39, 0.29) is 0 Å². The Morgan fingerprint density at radius 3 is 2.83 bits per heavy atom. The van der Waals surface area contributed by atoms with Gasteiger partial charge in [0.15, 0.2) is 0 Å². The number of rotatable bonds is 4. The summed E-state index contributed by atoms with van der Waals surface area (Å²) in [4.78, 5) is 3.98. The molecule has 0 radical (unpaired) electrons. The van der Waals surface area contributed by atoms with Gasteiger partial charge in [-0.2, -0.15) is 0 Å². The van der Waals surface area contributed by atoms with Gasteiger partial charge >= 0.3 is 0 Å². The Morgan fingerprint density at radius 1 is 1.61 bits per heavy atom. The van der Waals surface area contributed by atoms with Crippen LogP contribution in [0.5, 0.6) is 0 Å². The number of hydrogen-bond donors (Lipinski definition) is 1. The zero-order chi connectivity index (χ0) is 13.3. The molecule has 18 heavy (non-hydrogen) atoms. The minimum atomic E-state index is 0.506. The van der Waals surface area contributed by atoms with E-state index >= 15 is 0 Å². The van der Waals surface area contributed by atoms with Crippen LogP contribution in [0.15, 0.2) is 10.5 Å². The fraction of sp³-hybridized carbons (Fsp3) is 0.692. The van der Waals surface area contributed by atoms with E-state index in [1.807, 2.05) is 7.05 Å². The van der Waals surface area contributed by atoms with E-state index in [9.17, 15) is 0 Å². The molecule has 0 amide bonds. The second kappa shape index (κ2) is 6.23. The van der Waals surface area contributed by atoms with Crippen LogP contribution >= 0.6 is 38.9 Å². The van der Waals surface area contributed by atoms with Crippen LogP contribution in [-0.2, 0) is 0 Å². The molecule has 1 saturated heterocycles. The maximum atomic E-state index is 6.20. The highest BCUT2D eigenvalue weighted by Crippen LogP contribution is 2.44. The van der Waals surface area contributed by atoms with E-state index < -0.39 is 0 Å². The van der Waals surface area contributed by atoms with E-state index in [1.165, 1.54) is 17.8 Å². The lowest BCUT2D eigenvalue weighted by atomic mass is 9.98. The Morgan fingerprint density at radius 2 is 2.33 bits per heavy atom. The zero-order valence-electron chi connectivity index (χ0n) is 11.0. The molecular formula is C13H20BrClN2S. The molecule has 0 aromatic carbocycles. The second-order valence-corrected chi connectivity index (χ2v) is 7.69. The summed E-state index contributed by atoms with van der Waals surface area (Å²) in [6, 6.07) is 3.28. The largest absolute Gasteiger partial charge is 0.319 e. The Balaban J connectivity index is 2.28. The first-order chi connectivity index (χ1) is 8.54. The minimum absolute atomic E-state index is 0.506. The van der Waals surface area contributed by atoms with Crippen molar-refractivity contribution in [1.29, 1.82) is 0 Å². The number of thiophene rings is 1. The molecule has 5 heteroatoms. The average Bonchev–Trinajstić information content (AvgIpc) is 2.84. The average molecular weight is 352 g/mol. The highest BCUT2D eigenvalue weighted by Gasteiger charge is 2.37. The number of nitrogens with one attached hydrogen (secondary N) is 1. The zero-order valence-corrected chi connectivity index (χ0v) is 14.2. The predicted molar refractivity (Wildman–Crippen MR) is 83.6 cm³/mol. The summed E-state index contributed by atoms with van der Waals surface area (Å²) in [7, 11) is 2.03. The van der Waals surface area contributed by atoms with Crippen LogP contribution in [0, 0.1) is 5.92 Å². The smallest absolute Gasteiger partial charge is 0.107 e. The first kappa shape index (κ1) is 14.8. The van der Waals surface area contributed by atoms with Crippen molar-refractivity contribution in [2.75, 3.05) is 20.1 Å². The number of hydrogen-bond acceptors (Lipinski definition) is 3. The van der Waals surface area contributed by atoms with Gasteiger partial charge in [-0.15, -0.1) is 11.3 Å². The summed E-state index contributed by atoms with van der Waals surface area (Å²) in [5.41, 5.74) is 0. The van der Waals surface area contributed by atoms with Gasteiger partial charge in [-0.3, -0.25) is 4.90 Å². The fourth-order valence-corrected chi connectivity index (χ4v) is 4.79. The van der Waals surface area contributed by atoms with E-state index in [1.54, 1.807) is 11.3 Å². The molecule has 1 aromatic heterocycles. The summed E-state index contributed by atoms with van der Waals surface area (Å²) >= 11 is 11.4. The highest BCUT2D eigenvalue weighted by molar-refractivity contribution is 9.10. The first-order valence-corrected chi connectivity index (χ1v) is 8.38. The molecule has 2 rings (SSSR count). The Bertz CT molecular complexity index is 388. The van der Waals surface area contributed by atoms with Gasteiger partial charge in [0.2, 0.25) is 0 Å². The molecule has 1 N–H and O–H groups in total. The van der Waals surface area contributed by atoms with Gasteiger partial charge in [-0.05, 0) is 68.3 Å². The van der Waals surface area contributed by atoms with Gasteiger partial charge in [0.25, 0.3) is 0 Å². The van der Waals surface area contributed by atoms with Crippen molar-refractivity contribution >= 4 is 38.9 Å². The number of halogens is 2. The molecule has 0 saturated carbocycles.